The van der Waals surface area contributed by atoms with E-state index < -0.39 is 36.6 Å². The fraction of sp³-hybridized carbons (Fsp3) is 0.417. The monoisotopic (exact) mass is 243 g/mol. The number of halogens is 1. The largest absolute Gasteiger partial charge is 0.385 e. The molecule has 86 valence electrons. The van der Waals surface area contributed by atoms with Crippen molar-refractivity contribution >= 4 is 17.4 Å². The van der Waals surface area contributed by atoms with Crippen LogP contribution in [0.5, 0.6) is 0 Å². The lowest BCUT2D eigenvalue weighted by Crippen LogP contribution is -2.52. The van der Waals surface area contributed by atoms with Gasteiger partial charge < -0.3 is 10.8 Å². The van der Waals surface area contributed by atoms with E-state index in [1.54, 1.807) is 12.1 Å². The first-order valence-electron chi connectivity index (χ1n) is 6.80. The second kappa shape index (κ2) is 4.17. The highest BCUT2D eigenvalue weighted by Gasteiger charge is 2.43. The lowest BCUT2D eigenvalue weighted by atomic mass is 9.75. The van der Waals surface area contributed by atoms with Crippen LogP contribution in [0.2, 0.25) is 5.02 Å². The highest BCUT2D eigenvalue weighted by Crippen LogP contribution is 2.35. The first-order valence-corrected chi connectivity index (χ1v) is 5.18. The lowest BCUT2D eigenvalue weighted by molar-refractivity contribution is -0.136. The average molecular weight is 244 g/mol. The number of nitrogens with two attached hydrogens (primary N) is 1. The summed E-state index contributed by atoms with van der Waals surface area (Å²) in [5, 5.41) is 9.91. The minimum atomic E-state index is -2.38. The molecule has 0 spiro atoms. The molecule has 0 radical (unpaired) electrons. The van der Waals surface area contributed by atoms with Gasteiger partial charge in [0.15, 0.2) is 5.78 Å². The van der Waals surface area contributed by atoms with Gasteiger partial charge in [-0.2, -0.15) is 0 Å². The van der Waals surface area contributed by atoms with Crippen molar-refractivity contribution in [2.24, 2.45) is 5.73 Å². The molecule has 3 N–H and O–H groups in total. The van der Waals surface area contributed by atoms with E-state index in [4.69, 9.17) is 22.8 Å². The van der Waals surface area contributed by atoms with Gasteiger partial charge in [0.25, 0.3) is 0 Å². The third kappa shape index (κ3) is 1.75. The van der Waals surface area contributed by atoms with Crippen LogP contribution in [0.25, 0.3) is 0 Å². The van der Waals surface area contributed by atoms with Crippen molar-refractivity contribution in [3.8, 4) is 0 Å². The van der Waals surface area contributed by atoms with Gasteiger partial charge in [-0.1, -0.05) is 29.8 Å². The topological polar surface area (TPSA) is 63.3 Å². The van der Waals surface area contributed by atoms with Crippen molar-refractivity contribution in [3.05, 3.63) is 34.9 Å². The summed E-state index contributed by atoms with van der Waals surface area (Å²) in [7, 11) is 0. The van der Waals surface area contributed by atoms with Crippen molar-refractivity contribution in [1.82, 2.24) is 0 Å². The number of Topliss-reactive ketones (excluding diaryl/α,β-unsaturated/α-hetero) is 1. The molecule has 0 amide bonds. The van der Waals surface area contributed by atoms with Crippen LogP contribution in [0.15, 0.2) is 24.3 Å². The number of carbonyl (C=O) groups is 1. The van der Waals surface area contributed by atoms with E-state index in [2.05, 4.69) is 0 Å². The molecule has 4 heteroatoms. The Hall–Kier alpha value is -0.900. The van der Waals surface area contributed by atoms with Gasteiger partial charge in [-0.3, -0.25) is 4.79 Å². The first kappa shape index (κ1) is 7.43. The number of rotatable bonds is 1. The second-order valence-electron chi connectivity index (χ2n) is 3.61. The van der Waals surface area contributed by atoms with E-state index in [9.17, 15) is 9.90 Å². The number of ketones is 1. The Kier molecular flexibility index (Phi) is 1.93. The van der Waals surface area contributed by atoms with Gasteiger partial charge in [-0.05, 0) is 30.8 Å². The van der Waals surface area contributed by atoms with Gasteiger partial charge in [0, 0.05) is 10.5 Å². The van der Waals surface area contributed by atoms with Crippen molar-refractivity contribution in [2.75, 3.05) is 0 Å². The fourth-order valence-corrected chi connectivity index (χ4v) is 1.98. The zero-order valence-corrected chi connectivity index (χ0v) is 9.16. The summed E-state index contributed by atoms with van der Waals surface area (Å²) >= 11 is 5.98. The number of carbonyl (C=O) groups excluding carboxylic acids is 1. The van der Waals surface area contributed by atoms with Crippen LogP contribution in [-0.4, -0.2) is 17.0 Å². The Labute approximate surface area is 105 Å². The molecule has 2 rings (SSSR count). The third-order valence-electron chi connectivity index (χ3n) is 2.60. The molecule has 0 aromatic heterocycles. The highest BCUT2D eigenvalue weighted by molar-refractivity contribution is 6.31. The molecule has 0 heterocycles. The van der Waals surface area contributed by atoms with Gasteiger partial charge in [-0.15, -0.1) is 0 Å². The number of hydrogen-bond acceptors (Lipinski definition) is 3. The summed E-state index contributed by atoms with van der Waals surface area (Å²) in [5.74, 6) is -1.10. The maximum atomic E-state index is 12.3. The van der Waals surface area contributed by atoms with Crippen LogP contribution in [0.3, 0.4) is 0 Å². The Morgan fingerprint density at radius 2 is 2.25 bits per heavy atom. The Morgan fingerprint density at radius 1 is 1.56 bits per heavy atom. The van der Waals surface area contributed by atoms with E-state index in [-0.39, 0.29) is 10.6 Å². The van der Waals surface area contributed by atoms with Crippen LogP contribution >= 0.6 is 11.6 Å². The molecule has 16 heavy (non-hydrogen) atoms. The van der Waals surface area contributed by atoms with Crippen LogP contribution in [0, 0.1) is 0 Å². The van der Waals surface area contributed by atoms with Crippen molar-refractivity contribution in [3.63, 3.8) is 0 Å². The summed E-state index contributed by atoms with van der Waals surface area (Å²) in [6, 6.07) is 6.03. The predicted molar refractivity (Wildman–Crippen MR) is 62.2 cm³/mol. The minimum absolute atomic E-state index is 0.0474. The van der Waals surface area contributed by atoms with Gasteiger partial charge >= 0.3 is 0 Å². The Bertz CT molecular complexity index is 566. The zero-order chi connectivity index (χ0) is 15.3. The number of aliphatic hydroxyl groups excluding tert-OH is 1. The number of benzene rings is 1. The zero-order valence-electron chi connectivity index (χ0n) is 12.4. The molecular formula is C12H14ClNO2. The minimum Gasteiger partial charge on any atom is -0.385 e. The maximum absolute atomic E-state index is 12.3. The number of hydrogen-bond donors (Lipinski definition) is 2. The molecule has 2 unspecified atom stereocenters. The van der Waals surface area contributed by atoms with Gasteiger partial charge in [0.1, 0.15) is 11.6 Å². The summed E-state index contributed by atoms with van der Waals surface area (Å²) in [6.07, 6.45) is -7.44. The second-order valence-corrected chi connectivity index (χ2v) is 4.02. The van der Waals surface area contributed by atoms with Gasteiger partial charge in [0.05, 0.1) is 0 Å². The Morgan fingerprint density at radius 3 is 2.94 bits per heavy atom. The molecule has 0 saturated heterocycles. The van der Waals surface area contributed by atoms with Crippen LogP contribution in [0.4, 0.5) is 0 Å². The Balaban J connectivity index is 2.65. The first-order chi connectivity index (χ1) is 9.04. The quantitative estimate of drug-likeness (QED) is 0.788. The van der Waals surface area contributed by atoms with Crippen molar-refractivity contribution in [1.29, 1.82) is 0 Å². The third-order valence-corrected chi connectivity index (χ3v) is 2.93. The van der Waals surface area contributed by atoms with Crippen molar-refractivity contribution in [2.45, 2.75) is 30.8 Å². The van der Waals surface area contributed by atoms with E-state index >= 15 is 0 Å². The predicted octanol–water partition coefficient (Wildman–Crippen LogP) is 1.61. The van der Waals surface area contributed by atoms with Gasteiger partial charge in [0.2, 0.25) is 0 Å². The molecule has 1 aromatic carbocycles. The molecule has 1 aromatic rings. The van der Waals surface area contributed by atoms with Crippen LogP contribution < -0.4 is 5.73 Å². The molecule has 1 fully saturated rings. The smallest absolute Gasteiger partial charge is 0.185 e. The number of aliphatic hydroxyl groups is 1. The van der Waals surface area contributed by atoms with Crippen LogP contribution in [0.1, 0.15) is 30.2 Å². The van der Waals surface area contributed by atoms with E-state index in [0.717, 1.165) is 0 Å². The molecule has 1 aliphatic carbocycles. The molecule has 1 saturated carbocycles. The van der Waals surface area contributed by atoms with Gasteiger partial charge in [-0.25, -0.2) is 0 Å². The molecule has 0 bridgehead atoms. The van der Waals surface area contributed by atoms with E-state index in [0.29, 0.717) is 0 Å². The van der Waals surface area contributed by atoms with E-state index in [1.165, 1.54) is 12.1 Å². The molecule has 1 aliphatic rings. The fourth-order valence-electron chi connectivity index (χ4n) is 1.69. The molecule has 0 aliphatic heterocycles. The average Bonchev–Trinajstić information content (AvgIpc) is 2.34. The SMILES string of the molecule is [2H]C1([2H])CC([2H])([2H])C(N)(c2ccccc2Cl)C(=O)C1O. The molecular weight excluding hydrogens is 226 g/mol. The summed E-state index contributed by atoms with van der Waals surface area (Å²) in [5.41, 5.74) is 3.84. The molecule has 2 atom stereocenters. The van der Waals surface area contributed by atoms with Crippen LogP contribution in [-0.2, 0) is 10.3 Å². The maximum Gasteiger partial charge on any atom is 0.185 e. The summed E-state index contributed by atoms with van der Waals surface area (Å²) < 4.78 is 31.2. The summed E-state index contributed by atoms with van der Waals surface area (Å²) in [4.78, 5) is 12.3. The standard InChI is InChI=1S/C12H14ClNO2/c13-9-5-2-1-4-8(9)12(14)7-3-6-10(15)11(12)16/h1-2,4-5,10,15H,3,6-7,14H2/i6D2,7D2. The normalized spacial score (nSPS) is 40.4. The summed E-state index contributed by atoms with van der Waals surface area (Å²) in [6.45, 7) is 0. The molecule has 3 nitrogen and oxygen atoms in total. The highest BCUT2D eigenvalue weighted by atomic mass is 35.5. The van der Waals surface area contributed by atoms with E-state index in [1.807, 2.05) is 0 Å². The lowest BCUT2D eigenvalue weighted by Gasteiger charge is -2.35. The van der Waals surface area contributed by atoms with Crippen molar-refractivity contribution < 1.29 is 15.4 Å².